The van der Waals surface area contributed by atoms with Crippen LogP contribution in [0.2, 0.25) is 10.0 Å². The minimum absolute atomic E-state index is 0.00735. The number of aliphatic hydroxyl groups is 1. The lowest BCUT2D eigenvalue weighted by Gasteiger charge is -2.16. The lowest BCUT2D eigenvalue weighted by atomic mass is 10.0. The average molecular weight is 385 g/mol. The van der Waals surface area contributed by atoms with E-state index in [0.717, 1.165) is 0 Å². The smallest absolute Gasteiger partial charge is 0.138 e. The first-order chi connectivity index (χ1) is 12.0. The van der Waals surface area contributed by atoms with Crippen LogP contribution in [0.4, 0.5) is 4.39 Å². The number of rotatable bonds is 6. The van der Waals surface area contributed by atoms with Crippen LogP contribution in [0.1, 0.15) is 17.2 Å². The molecule has 1 unspecified atom stereocenters. The van der Waals surface area contributed by atoms with Crippen LogP contribution in [0.3, 0.4) is 0 Å². The molecule has 0 aliphatic heterocycles. The van der Waals surface area contributed by atoms with Crippen molar-refractivity contribution in [3.63, 3.8) is 0 Å². The molecule has 0 saturated heterocycles. The standard InChI is InChI=1S/C17H15Cl2FN2O3/c1-24-4-5-25-13-3-2-12(20)14(15(13)19)16(23)11-8-22-17-10(11)6-9(18)7-21-17/h2-3,6-8,16,23H,4-5H2,1H3,(H,21,22). The first kappa shape index (κ1) is 17.9. The number of methoxy groups -OCH3 is 1. The van der Waals surface area contributed by atoms with E-state index in [4.69, 9.17) is 32.7 Å². The lowest BCUT2D eigenvalue weighted by molar-refractivity contribution is 0.146. The van der Waals surface area contributed by atoms with E-state index in [0.29, 0.717) is 28.2 Å². The average Bonchev–Trinajstić information content (AvgIpc) is 3.00. The number of nitrogens with one attached hydrogen (secondary N) is 1. The number of halogens is 3. The van der Waals surface area contributed by atoms with E-state index in [1.165, 1.54) is 18.3 Å². The van der Waals surface area contributed by atoms with Gasteiger partial charge in [-0.2, -0.15) is 0 Å². The number of hydrogen-bond donors (Lipinski definition) is 2. The van der Waals surface area contributed by atoms with E-state index in [2.05, 4.69) is 9.97 Å². The molecule has 0 radical (unpaired) electrons. The third-order valence-electron chi connectivity index (χ3n) is 3.73. The van der Waals surface area contributed by atoms with E-state index in [-0.39, 0.29) is 22.9 Å². The second kappa shape index (κ2) is 7.58. The van der Waals surface area contributed by atoms with Crippen molar-refractivity contribution in [2.75, 3.05) is 20.3 Å². The Morgan fingerprint density at radius 1 is 1.32 bits per heavy atom. The molecule has 0 aliphatic carbocycles. The Bertz CT molecular complexity index is 901. The fraction of sp³-hybridized carbons (Fsp3) is 0.235. The molecule has 0 aliphatic rings. The minimum Gasteiger partial charge on any atom is -0.490 e. The molecule has 0 saturated carbocycles. The Morgan fingerprint density at radius 2 is 2.12 bits per heavy atom. The van der Waals surface area contributed by atoms with Crippen molar-refractivity contribution in [2.45, 2.75) is 6.10 Å². The van der Waals surface area contributed by atoms with Crippen LogP contribution in [0.25, 0.3) is 11.0 Å². The number of aromatic nitrogens is 2. The van der Waals surface area contributed by atoms with Gasteiger partial charge in [0.05, 0.1) is 16.7 Å². The third kappa shape index (κ3) is 3.57. The predicted molar refractivity (Wildman–Crippen MR) is 93.9 cm³/mol. The molecule has 3 aromatic rings. The van der Waals surface area contributed by atoms with Gasteiger partial charge in [0.1, 0.15) is 29.9 Å². The van der Waals surface area contributed by atoms with Gasteiger partial charge in [-0.15, -0.1) is 0 Å². The maximum absolute atomic E-state index is 14.4. The predicted octanol–water partition coefficient (Wildman–Crippen LogP) is 4.12. The van der Waals surface area contributed by atoms with E-state index < -0.39 is 11.9 Å². The van der Waals surface area contributed by atoms with Gasteiger partial charge in [-0.3, -0.25) is 0 Å². The molecule has 2 heterocycles. The quantitative estimate of drug-likeness (QED) is 0.627. The summed E-state index contributed by atoms with van der Waals surface area (Å²) >= 11 is 12.2. The molecule has 3 rings (SSSR count). The topological polar surface area (TPSA) is 67.4 Å². The van der Waals surface area contributed by atoms with Crippen molar-refractivity contribution < 1.29 is 19.0 Å². The summed E-state index contributed by atoms with van der Waals surface area (Å²) < 4.78 is 24.7. The summed E-state index contributed by atoms with van der Waals surface area (Å²) in [6.45, 7) is 0.613. The number of H-pyrrole nitrogens is 1. The van der Waals surface area contributed by atoms with Crippen LogP contribution in [0.5, 0.6) is 5.75 Å². The molecule has 0 fully saturated rings. The number of fused-ring (bicyclic) bond motifs is 1. The molecular weight excluding hydrogens is 370 g/mol. The highest BCUT2D eigenvalue weighted by Crippen LogP contribution is 2.38. The van der Waals surface area contributed by atoms with Crippen LogP contribution in [-0.4, -0.2) is 35.4 Å². The summed E-state index contributed by atoms with van der Waals surface area (Å²) in [4.78, 5) is 7.04. The molecule has 8 heteroatoms. The third-order valence-corrected chi connectivity index (χ3v) is 4.33. The van der Waals surface area contributed by atoms with Gasteiger partial charge in [0, 0.05) is 36.0 Å². The Morgan fingerprint density at radius 3 is 2.88 bits per heavy atom. The van der Waals surface area contributed by atoms with Crippen molar-refractivity contribution in [1.82, 2.24) is 9.97 Å². The van der Waals surface area contributed by atoms with Crippen LogP contribution in [0.15, 0.2) is 30.6 Å². The van der Waals surface area contributed by atoms with E-state index >= 15 is 0 Å². The Balaban J connectivity index is 2.02. The number of pyridine rings is 1. The van der Waals surface area contributed by atoms with Gasteiger partial charge >= 0.3 is 0 Å². The van der Waals surface area contributed by atoms with Gasteiger partial charge in [-0.25, -0.2) is 9.37 Å². The molecule has 2 N–H and O–H groups in total. The monoisotopic (exact) mass is 384 g/mol. The van der Waals surface area contributed by atoms with Crippen LogP contribution in [0, 0.1) is 5.82 Å². The first-order valence-corrected chi connectivity index (χ1v) is 8.18. The van der Waals surface area contributed by atoms with E-state index in [9.17, 15) is 9.50 Å². The van der Waals surface area contributed by atoms with Crippen LogP contribution < -0.4 is 4.74 Å². The molecule has 0 amide bonds. The highest BCUT2D eigenvalue weighted by molar-refractivity contribution is 6.33. The van der Waals surface area contributed by atoms with E-state index in [1.54, 1.807) is 19.4 Å². The molecule has 25 heavy (non-hydrogen) atoms. The zero-order valence-corrected chi connectivity index (χ0v) is 14.7. The summed E-state index contributed by atoms with van der Waals surface area (Å²) in [5, 5.41) is 11.7. The fourth-order valence-corrected chi connectivity index (χ4v) is 3.00. The number of nitrogens with zero attached hydrogens (tertiary/aromatic N) is 1. The maximum Gasteiger partial charge on any atom is 0.138 e. The van der Waals surface area contributed by atoms with Crippen molar-refractivity contribution >= 4 is 34.2 Å². The largest absolute Gasteiger partial charge is 0.490 e. The highest BCUT2D eigenvalue weighted by atomic mass is 35.5. The SMILES string of the molecule is COCCOc1ccc(F)c(C(O)c2c[nH]c3ncc(Cl)cc23)c1Cl. The fourth-order valence-electron chi connectivity index (χ4n) is 2.53. The van der Waals surface area contributed by atoms with Crippen molar-refractivity contribution in [2.24, 2.45) is 0 Å². The van der Waals surface area contributed by atoms with E-state index in [1.807, 2.05) is 0 Å². The Kier molecular flexibility index (Phi) is 5.44. The van der Waals surface area contributed by atoms with Gasteiger partial charge in [0.15, 0.2) is 0 Å². The molecule has 5 nitrogen and oxygen atoms in total. The molecule has 2 aromatic heterocycles. The van der Waals surface area contributed by atoms with Crippen LogP contribution in [-0.2, 0) is 4.74 Å². The minimum atomic E-state index is -1.31. The maximum atomic E-state index is 14.4. The molecule has 1 atom stereocenters. The van der Waals surface area contributed by atoms with Gasteiger partial charge in [-0.1, -0.05) is 23.2 Å². The zero-order valence-electron chi connectivity index (χ0n) is 13.2. The molecule has 132 valence electrons. The number of aromatic amines is 1. The Labute approximate surface area is 153 Å². The van der Waals surface area contributed by atoms with Gasteiger partial charge in [-0.05, 0) is 18.2 Å². The first-order valence-electron chi connectivity index (χ1n) is 7.43. The number of aliphatic hydroxyl groups excluding tert-OH is 1. The van der Waals surface area contributed by atoms with Crippen molar-refractivity contribution in [1.29, 1.82) is 0 Å². The number of ether oxygens (including phenoxy) is 2. The lowest BCUT2D eigenvalue weighted by Crippen LogP contribution is -2.08. The zero-order chi connectivity index (χ0) is 18.0. The molecule has 1 aromatic carbocycles. The summed E-state index contributed by atoms with van der Waals surface area (Å²) in [6, 6.07) is 4.26. The van der Waals surface area contributed by atoms with Crippen molar-refractivity contribution in [3.8, 4) is 5.75 Å². The highest BCUT2D eigenvalue weighted by Gasteiger charge is 2.24. The molecular formula is C17H15Cl2FN2O3. The normalized spacial score (nSPS) is 12.5. The second-order valence-corrected chi connectivity index (χ2v) is 6.13. The van der Waals surface area contributed by atoms with Gasteiger partial charge < -0.3 is 19.6 Å². The second-order valence-electron chi connectivity index (χ2n) is 5.31. The summed E-state index contributed by atoms with van der Waals surface area (Å²) in [5.74, 6) is -0.369. The molecule has 0 spiro atoms. The van der Waals surface area contributed by atoms with Crippen LogP contribution >= 0.6 is 23.2 Å². The summed E-state index contributed by atoms with van der Waals surface area (Å²) in [7, 11) is 1.54. The number of hydrogen-bond acceptors (Lipinski definition) is 4. The van der Waals surface area contributed by atoms with Gasteiger partial charge in [0.25, 0.3) is 0 Å². The Hall–Kier alpha value is -1.86. The van der Waals surface area contributed by atoms with Crippen molar-refractivity contribution in [3.05, 3.63) is 57.6 Å². The summed E-state index contributed by atoms with van der Waals surface area (Å²) in [5.41, 5.74) is 0.875. The van der Waals surface area contributed by atoms with Gasteiger partial charge in [0.2, 0.25) is 0 Å². The summed E-state index contributed by atoms with van der Waals surface area (Å²) in [6.07, 6.45) is 1.72. The molecule has 0 bridgehead atoms. The number of benzene rings is 1.